The van der Waals surface area contributed by atoms with Crippen molar-refractivity contribution in [3.8, 4) is 0 Å². The van der Waals surface area contributed by atoms with Gasteiger partial charge in [0, 0.05) is 5.02 Å². The minimum Gasteiger partial charge on any atom is -0.304 e. The average Bonchev–Trinajstić information content (AvgIpc) is 2.99. The smallest absolute Gasteiger partial charge is 0.304 e. The number of amides is 2. The molecule has 2 amide bonds. The first-order valence-corrected chi connectivity index (χ1v) is 7.40. The van der Waals surface area contributed by atoms with Crippen LogP contribution in [-0.4, -0.2) is 21.0 Å². The SMILES string of the molecule is O=C(NN=Cc1ccc(Cl)cc1)Nc1cccc2nsnc12. The minimum absolute atomic E-state index is 0.453. The Balaban J connectivity index is 1.63. The van der Waals surface area contributed by atoms with Crippen molar-refractivity contribution in [2.75, 3.05) is 5.32 Å². The Labute approximate surface area is 135 Å². The molecule has 0 saturated carbocycles. The molecule has 1 heterocycles. The standard InChI is InChI=1S/C14H10ClN5OS/c15-10-6-4-9(5-7-10)8-16-18-14(21)17-11-2-1-3-12-13(11)20-22-19-12/h1-8H,(H2,17,18,21). The second kappa shape index (κ2) is 6.50. The largest absolute Gasteiger partial charge is 0.339 e. The number of hydrazone groups is 1. The number of hydrogen-bond acceptors (Lipinski definition) is 5. The summed E-state index contributed by atoms with van der Waals surface area (Å²) in [7, 11) is 0. The summed E-state index contributed by atoms with van der Waals surface area (Å²) in [6.45, 7) is 0. The van der Waals surface area contributed by atoms with Crippen LogP contribution in [0.2, 0.25) is 5.02 Å². The first-order chi connectivity index (χ1) is 10.7. The number of benzene rings is 2. The molecular formula is C14H10ClN5OS. The van der Waals surface area contributed by atoms with Crippen molar-refractivity contribution in [2.45, 2.75) is 0 Å². The normalized spacial score (nSPS) is 11.0. The van der Waals surface area contributed by atoms with E-state index in [1.807, 2.05) is 6.07 Å². The van der Waals surface area contributed by atoms with Crippen molar-refractivity contribution >= 4 is 52.3 Å². The van der Waals surface area contributed by atoms with Gasteiger partial charge in [-0.2, -0.15) is 13.8 Å². The van der Waals surface area contributed by atoms with Crippen LogP contribution >= 0.6 is 23.3 Å². The predicted molar refractivity (Wildman–Crippen MR) is 88.6 cm³/mol. The van der Waals surface area contributed by atoms with Crippen LogP contribution in [0.5, 0.6) is 0 Å². The van der Waals surface area contributed by atoms with Crippen molar-refractivity contribution in [3.05, 3.63) is 53.1 Å². The zero-order chi connectivity index (χ0) is 15.4. The van der Waals surface area contributed by atoms with E-state index in [1.165, 1.54) is 6.21 Å². The molecule has 0 atom stereocenters. The van der Waals surface area contributed by atoms with E-state index < -0.39 is 6.03 Å². The summed E-state index contributed by atoms with van der Waals surface area (Å²) in [5.41, 5.74) is 5.21. The molecule has 2 aromatic carbocycles. The van der Waals surface area contributed by atoms with E-state index >= 15 is 0 Å². The fourth-order valence-corrected chi connectivity index (χ4v) is 2.45. The molecule has 3 rings (SSSR count). The molecule has 0 unspecified atom stereocenters. The van der Waals surface area contributed by atoms with Gasteiger partial charge in [-0.1, -0.05) is 29.8 Å². The van der Waals surface area contributed by atoms with Crippen LogP contribution in [0, 0.1) is 0 Å². The van der Waals surface area contributed by atoms with Gasteiger partial charge in [-0.05, 0) is 29.8 Å². The third-order valence-electron chi connectivity index (χ3n) is 2.78. The van der Waals surface area contributed by atoms with Crippen molar-refractivity contribution in [3.63, 3.8) is 0 Å². The highest BCUT2D eigenvalue weighted by molar-refractivity contribution is 7.00. The second-order valence-electron chi connectivity index (χ2n) is 4.31. The molecule has 8 heteroatoms. The van der Waals surface area contributed by atoms with Crippen LogP contribution in [0.4, 0.5) is 10.5 Å². The first kappa shape index (κ1) is 14.4. The summed E-state index contributed by atoms with van der Waals surface area (Å²) in [6.07, 6.45) is 1.53. The maximum atomic E-state index is 11.8. The van der Waals surface area contributed by atoms with Gasteiger partial charge in [0.15, 0.2) is 0 Å². The van der Waals surface area contributed by atoms with Crippen LogP contribution in [0.25, 0.3) is 11.0 Å². The van der Waals surface area contributed by atoms with E-state index in [4.69, 9.17) is 11.6 Å². The lowest BCUT2D eigenvalue weighted by molar-refractivity contribution is 0.252. The van der Waals surface area contributed by atoms with Gasteiger partial charge in [-0.15, -0.1) is 0 Å². The number of nitrogens with zero attached hydrogens (tertiary/aromatic N) is 3. The van der Waals surface area contributed by atoms with Gasteiger partial charge in [-0.25, -0.2) is 10.2 Å². The Morgan fingerprint density at radius 2 is 2.00 bits per heavy atom. The third-order valence-corrected chi connectivity index (χ3v) is 3.58. The zero-order valence-electron chi connectivity index (χ0n) is 11.2. The summed E-state index contributed by atoms with van der Waals surface area (Å²) in [6, 6.07) is 12.0. The van der Waals surface area contributed by atoms with Crippen LogP contribution in [-0.2, 0) is 0 Å². The lowest BCUT2D eigenvalue weighted by atomic mass is 10.2. The number of urea groups is 1. The Bertz CT molecular complexity index is 831. The van der Waals surface area contributed by atoms with E-state index in [2.05, 4.69) is 24.6 Å². The van der Waals surface area contributed by atoms with Crippen molar-refractivity contribution in [1.82, 2.24) is 14.2 Å². The molecule has 0 aliphatic rings. The summed E-state index contributed by atoms with van der Waals surface area (Å²) in [5.74, 6) is 0. The van der Waals surface area contributed by atoms with E-state index in [9.17, 15) is 4.79 Å². The summed E-state index contributed by atoms with van der Waals surface area (Å²) < 4.78 is 8.26. The number of halogens is 1. The van der Waals surface area contributed by atoms with E-state index in [1.54, 1.807) is 36.4 Å². The predicted octanol–water partition coefficient (Wildman–Crippen LogP) is 3.50. The monoisotopic (exact) mass is 331 g/mol. The molecule has 0 spiro atoms. The summed E-state index contributed by atoms with van der Waals surface area (Å²) in [5, 5.41) is 7.20. The van der Waals surface area contributed by atoms with Crippen LogP contribution < -0.4 is 10.7 Å². The molecule has 22 heavy (non-hydrogen) atoms. The summed E-state index contributed by atoms with van der Waals surface area (Å²) in [4.78, 5) is 11.8. The van der Waals surface area contributed by atoms with Crippen molar-refractivity contribution in [2.24, 2.45) is 5.10 Å². The van der Waals surface area contributed by atoms with Crippen molar-refractivity contribution < 1.29 is 4.79 Å². The number of carbonyl (C=O) groups excluding carboxylic acids is 1. The van der Waals surface area contributed by atoms with E-state index in [0.717, 1.165) is 22.8 Å². The van der Waals surface area contributed by atoms with Crippen LogP contribution in [0.1, 0.15) is 5.56 Å². The van der Waals surface area contributed by atoms with E-state index in [0.29, 0.717) is 16.2 Å². The van der Waals surface area contributed by atoms with Gasteiger partial charge < -0.3 is 5.32 Å². The molecule has 0 radical (unpaired) electrons. The molecule has 3 aromatic rings. The van der Waals surface area contributed by atoms with Gasteiger partial charge in [0.25, 0.3) is 0 Å². The number of rotatable bonds is 3. The van der Waals surface area contributed by atoms with Gasteiger partial charge in [0.1, 0.15) is 11.0 Å². The maximum Gasteiger partial charge on any atom is 0.339 e. The Morgan fingerprint density at radius 3 is 2.82 bits per heavy atom. The molecule has 0 fully saturated rings. The number of anilines is 1. The summed E-state index contributed by atoms with van der Waals surface area (Å²) >= 11 is 6.89. The fourth-order valence-electron chi connectivity index (χ4n) is 1.77. The first-order valence-electron chi connectivity index (χ1n) is 6.29. The zero-order valence-corrected chi connectivity index (χ0v) is 12.7. The topological polar surface area (TPSA) is 79.3 Å². The van der Waals surface area contributed by atoms with Crippen LogP contribution in [0.3, 0.4) is 0 Å². The fraction of sp³-hybridized carbons (Fsp3) is 0. The van der Waals surface area contributed by atoms with Crippen LogP contribution in [0.15, 0.2) is 47.6 Å². The van der Waals surface area contributed by atoms with E-state index in [-0.39, 0.29) is 0 Å². The molecular weight excluding hydrogens is 322 g/mol. The number of aromatic nitrogens is 2. The number of fused-ring (bicyclic) bond motifs is 1. The lowest BCUT2D eigenvalue weighted by Gasteiger charge is -2.04. The molecule has 2 N–H and O–H groups in total. The molecule has 0 bridgehead atoms. The second-order valence-corrected chi connectivity index (χ2v) is 5.28. The lowest BCUT2D eigenvalue weighted by Crippen LogP contribution is -2.24. The van der Waals surface area contributed by atoms with Gasteiger partial charge >= 0.3 is 6.03 Å². The Kier molecular flexibility index (Phi) is 4.27. The third kappa shape index (κ3) is 3.38. The maximum absolute atomic E-state index is 11.8. The molecule has 0 aliphatic heterocycles. The molecule has 0 saturated heterocycles. The Hall–Kier alpha value is -2.51. The molecule has 6 nitrogen and oxygen atoms in total. The highest BCUT2D eigenvalue weighted by Crippen LogP contribution is 2.20. The number of nitrogens with one attached hydrogen (secondary N) is 2. The van der Waals surface area contributed by atoms with Gasteiger partial charge in [0.2, 0.25) is 0 Å². The number of carbonyl (C=O) groups is 1. The van der Waals surface area contributed by atoms with Crippen molar-refractivity contribution in [1.29, 1.82) is 0 Å². The highest BCUT2D eigenvalue weighted by Gasteiger charge is 2.07. The average molecular weight is 332 g/mol. The van der Waals surface area contributed by atoms with Gasteiger partial charge in [-0.3, -0.25) is 0 Å². The Morgan fingerprint density at radius 1 is 1.18 bits per heavy atom. The number of hydrogen-bond donors (Lipinski definition) is 2. The highest BCUT2D eigenvalue weighted by atomic mass is 35.5. The van der Waals surface area contributed by atoms with Gasteiger partial charge in [0.05, 0.1) is 23.6 Å². The minimum atomic E-state index is -0.453. The molecule has 110 valence electrons. The quantitative estimate of drug-likeness (QED) is 0.569. The molecule has 1 aromatic heterocycles. The molecule has 0 aliphatic carbocycles.